The molecule has 0 rings (SSSR count). The lowest BCUT2D eigenvalue weighted by molar-refractivity contribution is -0.146. The standard InChI is InChI=1S/C10H17ClO2/c1-3-4-6-10(7-5-8-11)13-9(2)12/h3,10H,1,4-8H2,2H3. The second kappa shape index (κ2) is 8.11. The van der Waals surface area contributed by atoms with Crippen molar-refractivity contribution in [3.63, 3.8) is 0 Å². The monoisotopic (exact) mass is 204 g/mol. The Morgan fingerprint density at radius 2 is 2.31 bits per heavy atom. The Kier molecular flexibility index (Phi) is 7.80. The molecule has 0 aliphatic carbocycles. The quantitative estimate of drug-likeness (QED) is 0.362. The van der Waals surface area contributed by atoms with Crippen molar-refractivity contribution in [2.45, 2.75) is 38.7 Å². The van der Waals surface area contributed by atoms with Crippen LogP contribution in [0.25, 0.3) is 0 Å². The summed E-state index contributed by atoms with van der Waals surface area (Å²) in [5.41, 5.74) is 0. The van der Waals surface area contributed by atoms with Crippen LogP contribution >= 0.6 is 11.6 Å². The molecule has 1 atom stereocenters. The Morgan fingerprint density at radius 1 is 1.62 bits per heavy atom. The van der Waals surface area contributed by atoms with E-state index < -0.39 is 0 Å². The van der Waals surface area contributed by atoms with Crippen LogP contribution in [0.4, 0.5) is 0 Å². The molecular formula is C10H17ClO2. The average molecular weight is 205 g/mol. The van der Waals surface area contributed by atoms with E-state index in [9.17, 15) is 4.79 Å². The van der Waals surface area contributed by atoms with Gasteiger partial charge in [-0.2, -0.15) is 0 Å². The predicted octanol–water partition coefficient (Wildman–Crippen LogP) is 2.90. The second-order valence-electron chi connectivity index (χ2n) is 2.93. The molecule has 0 aromatic carbocycles. The minimum Gasteiger partial charge on any atom is -0.463 e. The molecular weight excluding hydrogens is 188 g/mol. The highest BCUT2D eigenvalue weighted by atomic mass is 35.5. The Hall–Kier alpha value is -0.500. The number of alkyl halides is 1. The molecule has 0 amide bonds. The van der Waals surface area contributed by atoms with Gasteiger partial charge in [-0.1, -0.05) is 6.08 Å². The van der Waals surface area contributed by atoms with E-state index in [-0.39, 0.29) is 12.1 Å². The van der Waals surface area contributed by atoms with Crippen LogP contribution in [-0.2, 0) is 9.53 Å². The first kappa shape index (κ1) is 12.5. The minimum absolute atomic E-state index is 0.00856. The van der Waals surface area contributed by atoms with Crippen molar-refractivity contribution in [2.75, 3.05) is 5.88 Å². The van der Waals surface area contributed by atoms with Crippen LogP contribution in [0.3, 0.4) is 0 Å². The van der Waals surface area contributed by atoms with Gasteiger partial charge < -0.3 is 4.74 Å². The van der Waals surface area contributed by atoms with Gasteiger partial charge in [0.2, 0.25) is 0 Å². The molecule has 0 aromatic heterocycles. The van der Waals surface area contributed by atoms with Crippen LogP contribution in [0.5, 0.6) is 0 Å². The predicted molar refractivity (Wildman–Crippen MR) is 54.9 cm³/mol. The summed E-state index contributed by atoms with van der Waals surface area (Å²) >= 11 is 5.56. The van der Waals surface area contributed by atoms with Crippen molar-refractivity contribution in [1.29, 1.82) is 0 Å². The van der Waals surface area contributed by atoms with E-state index in [2.05, 4.69) is 6.58 Å². The number of ether oxygens (including phenoxy) is 1. The van der Waals surface area contributed by atoms with Crippen molar-refractivity contribution in [3.8, 4) is 0 Å². The lowest BCUT2D eigenvalue weighted by Crippen LogP contribution is -2.16. The summed E-state index contributed by atoms with van der Waals surface area (Å²) in [6.45, 7) is 5.06. The summed E-state index contributed by atoms with van der Waals surface area (Å²) in [5.74, 6) is 0.398. The number of carbonyl (C=O) groups excluding carboxylic acids is 1. The van der Waals surface area contributed by atoms with Gasteiger partial charge in [0, 0.05) is 12.8 Å². The number of esters is 1. The first-order valence-corrected chi connectivity index (χ1v) is 5.08. The number of hydrogen-bond acceptors (Lipinski definition) is 2. The SMILES string of the molecule is C=CCCC(CCCCl)OC(C)=O. The molecule has 0 saturated carbocycles. The van der Waals surface area contributed by atoms with Gasteiger partial charge in [0.1, 0.15) is 6.10 Å². The zero-order chi connectivity index (χ0) is 10.1. The molecule has 0 N–H and O–H groups in total. The number of carbonyl (C=O) groups is 1. The summed E-state index contributed by atoms with van der Waals surface area (Å²) in [7, 11) is 0. The fourth-order valence-corrected chi connectivity index (χ4v) is 1.26. The lowest BCUT2D eigenvalue weighted by Gasteiger charge is -2.15. The van der Waals surface area contributed by atoms with Gasteiger partial charge in [0.25, 0.3) is 0 Å². The van der Waals surface area contributed by atoms with E-state index >= 15 is 0 Å². The first-order chi connectivity index (χ1) is 6.20. The normalized spacial score (nSPS) is 12.2. The first-order valence-electron chi connectivity index (χ1n) is 4.54. The molecule has 3 heteroatoms. The molecule has 0 aromatic rings. The molecule has 76 valence electrons. The molecule has 0 radical (unpaired) electrons. The van der Waals surface area contributed by atoms with E-state index in [1.807, 2.05) is 6.08 Å². The Morgan fingerprint density at radius 3 is 2.77 bits per heavy atom. The van der Waals surface area contributed by atoms with Gasteiger partial charge in [-0.3, -0.25) is 4.79 Å². The second-order valence-corrected chi connectivity index (χ2v) is 3.31. The van der Waals surface area contributed by atoms with Crippen LogP contribution in [0, 0.1) is 0 Å². The maximum absolute atomic E-state index is 10.7. The molecule has 0 saturated heterocycles. The minimum atomic E-state index is -0.219. The molecule has 0 spiro atoms. The lowest BCUT2D eigenvalue weighted by atomic mass is 10.1. The van der Waals surface area contributed by atoms with Crippen molar-refractivity contribution in [1.82, 2.24) is 0 Å². The highest BCUT2D eigenvalue weighted by molar-refractivity contribution is 6.17. The number of hydrogen-bond donors (Lipinski definition) is 0. The van der Waals surface area contributed by atoms with Crippen LogP contribution in [0.15, 0.2) is 12.7 Å². The summed E-state index contributed by atoms with van der Waals surface area (Å²) < 4.78 is 5.11. The topological polar surface area (TPSA) is 26.3 Å². The molecule has 0 bridgehead atoms. The van der Waals surface area contributed by atoms with E-state index in [0.717, 1.165) is 25.7 Å². The third-order valence-electron chi connectivity index (χ3n) is 1.69. The van der Waals surface area contributed by atoms with Crippen molar-refractivity contribution >= 4 is 17.6 Å². The van der Waals surface area contributed by atoms with Crippen LogP contribution in [0.1, 0.15) is 32.6 Å². The van der Waals surface area contributed by atoms with Crippen LogP contribution in [0.2, 0.25) is 0 Å². The fraction of sp³-hybridized carbons (Fsp3) is 0.700. The largest absolute Gasteiger partial charge is 0.463 e. The van der Waals surface area contributed by atoms with Crippen molar-refractivity contribution < 1.29 is 9.53 Å². The molecule has 0 aliphatic rings. The van der Waals surface area contributed by atoms with E-state index in [1.54, 1.807) is 0 Å². The van der Waals surface area contributed by atoms with E-state index in [0.29, 0.717) is 5.88 Å². The van der Waals surface area contributed by atoms with Crippen molar-refractivity contribution in [2.24, 2.45) is 0 Å². The Balaban J connectivity index is 3.72. The van der Waals surface area contributed by atoms with E-state index in [1.165, 1.54) is 6.92 Å². The summed E-state index contributed by atoms with van der Waals surface area (Å²) in [6, 6.07) is 0. The smallest absolute Gasteiger partial charge is 0.302 e. The Labute approximate surface area is 84.9 Å². The maximum Gasteiger partial charge on any atom is 0.302 e. The van der Waals surface area contributed by atoms with Gasteiger partial charge in [0.15, 0.2) is 0 Å². The van der Waals surface area contributed by atoms with Gasteiger partial charge in [-0.25, -0.2) is 0 Å². The maximum atomic E-state index is 10.7. The highest BCUT2D eigenvalue weighted by Gasteiger charge is 2.09. The molecule has 0 fully saturated rings. The zero-order valence-electron chi connectivity index (χ0n) is 8.09. The van der Waals surface area contributed by atoms with Crippen LogP contribution < -0.4 is 0 Å². The van der Waals surface area contributed by atoms with Gasteiger partial charge >= 0.3 is 5.97 Å². The third-order valence-corrected chi connectivity index (χ3v) is 1.95. The number of allylic oxidation sites excluding steroid dienone is 1. The van der Waals surface area contributed by atoms with Crippen molar-refractivity contribution in [3.05, 3.63) is 12.7 Å². The summed E-state index contributed by atoms with van der Waals surface area (Å²) in [5, 5.41) is 0. The summed E-state index contributed by atoms with van der Waals surface area (Å²) in [6.07, 6.45) is 5.29. The highest BCUT2D eigenvalue weighted by Crippen LogP contribution is 2.10. The third kappa shape index (κ3) is 7.85. The zero-order valence-corrected chi connectivity index (χ0v) is 8.85. The molecule has 0 aliphatic heterocycles. The van der Waals surface area contributed by atoms with Gasteiger partial charge in [-0.05, 0) is 25.7 Å². The average Bonchev–Trinajstić information content (AvgIpc) is 2.09. The van der Waals surface area contributed by atoms with Gasteiger partial charge in [0.05, 0.1) is 0 Å². The number of rotatable bonds is 7. The molecule has 0 heterocycles. The van der Waals surface area contributed by atoms with E-state index in [4.69, 9.17) is 16.3 Å². The summed E-state index contributed by atoms with van der Waals surface area (Å²) in [4.78, 5) is 10.7. The number of halogens is 1. The van der Waals surface area contributed by atoms with Crippen LogP contribution in [-0.4, -0.2) is 18.0 Å². The molecule has 2 nitrogen and oxygen atoms in total. The molecule has 1 unspecified atom stereocenters. The fourth-order valence-electron chi connectivity index (χ4n) is 1.11. The van der Waals surface area contributed by atoms with Gasteiger partial charge in [-0.15, -0.1) is 18.2 Å². The Bertz CT molecular complexity index is 157. The molecule has 13 heavy (non-hydrogen) atoms.